The monoisotopic (exact) mass is 416 g/mol. The van der Waals surface area contributed by atoms with Crippen LogP contribution in [0.2, 0.25) is 0 Å². The van der Waals surface area contributed by atoms with Crippen molar-refractivity contribution in [2.24, 2.45) is 11.0 Å². The Kier molecular flexibility index (Phi) is 5.84. The number of hydrogen-bond donors (Lipinski definition) is 4. The van der Waals surface area contributed by atoms with Gasteiger partial charge < -0.3 is 16.2 Å². The van der Waals surface area contributed by atoms with E-state index in [2.05, 4.69) is 15.8 Å². The highest BCUT2D eigenvalue weighted by Crippen LogP contribution is 2.29. The molecule has 0 heterocycles. The van der Waals surface area contributed by atoms with Crippen molar-refractivity contribution in [2.45, 2.75) is 25.7 Å². The van der Waals surface area contributed by atoms with E-state index in [-0.39, 0.29) is 23.3 Å². The first kappa shape index (κ1) is 20.4. The smallest absolute Gasteiger partial charge is 0.271 e. The van der Waals surface area contributed by atoms with Crippen molar-refractivity contribution in [3.63, 3.8) is 0 Å². The Hall–Kier alpha value is -3.87. The summed E-state index contributed by atoms with van der Waals surface area (Å²) in [7, 11) is 0. The van der Waals surface area contributed by atoms with E-state index >= 15 is 0 Å². The number of amides is 2. The normalized spacial score (nSPS) is 14.2. The molecule has 0 saturated heterocycles. The molecule has 4 rings (SSSR count). The molecule has 0 bridgehead atoms. The number of carbonyl (C=O) groups is 2. The minimum atomic E-state index is -0.437. The van der Waals surface area contributed by atoms with Crippen molar-refractivity contribution in [3.8, 4) is 5.75 Å². The third kappa shape index (κ3) is 4.50. The molecule has 31 heavy (non-hydrogen) atoms. The molecule has 0 radical (unpaired) electrons. The summed E-state index contributed by atoms with van der Waals surface area (Å²) in [5.41, 5.74) is 10.1. The van der Waals surface area contributed by atoms with Crippen LogP contribution in [0.15, 0.2) is 59.7 Å². The Morgan fingerprint density at radius 1 is 1.03 bits per heavy atom. The highest BCUT2D eigenvalue weighted by Gasteiger charge is 2.23. The number of phenolic OH excluding ortho intramolecular Hbond substituents is 1. The Morgan fingerprint density at radius 3 is 2.52 bits per heavy atom. The predicted octanol–water partition coefficient (Wildman–Crippen LogP) is 4.02. The van der Waals surface area contributed by atoms with E-state index < -0.39 is 5.91 Å². The summed E-state index contributed by atoms with van der Waals surface area (Å²) in [5.74, 6) is -0.354. The molecule has 3 aromatic rings. The minimum Gasteiger partial charge on any atom is -0.506 e. The molecular formula is C24H24N4O3. The van der Waals surface area contributed by atoms with E-state index in [1.54, 1.807) is 6.21 Å². The number of nitrogens with two attached hydrogens (primary N) is 1. The van der Waals surface area contributed by atoms with Crippen LogP contribution in [0.1, 0.15) is 41.6 Å². The molecule has 7 nitrogen and oxygen atoms in total. The summed E-state index contributed by atoms with van der Waals surface area (Å²) in [6.07, 6.45) is 5.67. The van der Waals surface area contributed by atoms with Crippen LogP contribution in [0.4, 0.5) is 11.4 Å². The van der Waals surface area contributed by atoms with Gasteiger partial charge in [-0.1, -0.05) is 43.2 Å². The topological polar surface area (TPSA) is 117 Å². The molecule has 3 aromatic carbocycles. The zero-order valence-corrected chi connectivity index (χ0v) is 17.0. The summed E-state index contributed by atoms with van der Waals surface area (Å²) in [5, 5.41) is 18.4. The summed E-state index contributed by atoms with van der Waals surface area (Å²) in [6.45, 7) is 0. The summed E-state index contributed by atoms with van der Waals surface area (Å²) >= 11 is 0. The fraction of sp³-hybridized carbons (Fsp3) is 0.208. The van der Waals surface area contributed by atoms with Gasteiger partial charge in [0.25, 0.3) is 5.91 Å². The first-order valence-electron chi connectivity index (χ1n) is 10.3. The van der Waals surface area contributed by atoms with Gasteiger partial charge in [-0.25, -0.2) is 5.43 Å². The molecule has 1 aliphatic carbocycles. The van der Waals surface area contributed by atoms with Crippen molar-refractivity contribution in [1.82, 2.24) is 5.43 Å². The van der Waals surface area contributed by atoms with Crippen LogP contribution >= 0.6 is 0 Å². The van der Waals surface area contributed by atoms with Gasteiger partial charge in [0.05, 0.1) is 11.9 Å². The van der Waals surface area contributed by atoms with E-state index in [1.807, 2.05) is 36.4 Å². The third-order valence-electron chi connectivity index (χ3n) is 5.60. The van der Waals surface area contributed by atoms with Crippen LogP contribution in [0.3, 0.4) is 0 Å². The molecule has 0 atom stereocenters. The zero-order valence-electron chi connectivity index (χ0n) is 17.0. The second-order valence-corrected chi connectivity index (χ2v) is 7.69. The van der Waals surface area contributed by atoms with Gasteiger partial charge in [0.2, 0.25) is 5.91 Å². The molecule has 1 aliphatic rings. The Balaban J connectivity index is 1.52. The van der Waals surface area contributed by atoms with Crippen molar-refractivity contribution in [2.75, 3.05) is 11.1 Å². The SMILES string of the molecule is Nc1cc(C(=O)N/N=C/c2ccc(NC(=O)C3CCCC3)c3ccccc23)ccc1O. The van der Waals surface area contributed by atoms with Crippen molar-refractivity contribution >= 4 is 40.2 Å². The van der Waals surface area contributed by atoms with Gasteiger partial charge in [0.1, 0.15) is 5.75 Å². The number of benzene rings is 3. The van der Waals surface area contributed by atoms with Gasteiger partial charge in [-0.2, -0.15) is 5.10 Å². The van der Waals surface area contributed by atoms with Crippen molar-refractivity contribution in [3.05, 3.63) is 65.7 Å². The number of phenols is 1. The van der Waals surface area contributed by atoms with E-state index in [1.165, 1.54) is 18.2 Å². The van der Waals surface area contributed by atoms with Crippen LogP contribution in [0, 0.1) is 5.92 Å². The molecule has 1 saturated carbocycles. The van der Waals surface area contributed by atoms with Gasteiger partial charge in [-0.05, 0) is 42.5 Å². The van der Waals surface area contributed by atoms with Gasteiger partial charge in [0, 0.05) is 28.1 Å². The van der Waals surface area contributed by atoms with Crippen LogP contribution in [-0.4, -0.2) is 23.1 Å². The highest BCUT2D eigenvalue weighted by molar-refractivity contribution is 6.09. The van der Waals surface area contributed by atoms with Crippen LogP contribution in [0.5, 0.6) is 5.75 Å². The number of nitrogens with zero attached hydrogens (tertiary/aromatic N) is 1. The number of aromatic hydroxyl groups is 1. The number of fused-ring (bicyclic) bond motifs is 1. The van der Waals surface area contributed by atoms with Gasteiger partial charge >= 0.3 is 0 Å². The maximum absolute atomic E-state index is 12.6. The van der Waals surface area contributed by atoms with Crippen molar-refractivity contribution < 1.29 is 14.7 Å². The molecule has 0 unspecified atom stereocenters. The lowest BCUT2D eigenvalue weighted by Crippen LogP contribution is -2.20. The Labute approximate surface area is 180 Å². The largest absolute Gasteiger partial charge is 0.506 e. The lowest BCUT2D eigenvalue weighted by atomic mass is 10.0. The fourth-order valence-electron chi connectivity index (χ4n) is 3.89. The van der Waals surface area contributed by atoms with Gasteiger partial charge in [-0.3, -0.25) is 9.59 Å². The van der Waals surface area contributed by atoms with Crippen molar-refractivity contribution in [1.29, 1.82) is 0 Å². The molecular weight excluding hydrogens is 392 g/mol. The number of nitrogens with one attached hydrogen (secondary N) is 2. The first-order valence-corrected chi connectivity index (χ1v) is 10.3. The standard InChI is InChI=1S/C24H24N4O3/c25-20-13-16(10-12-22(20)29)24(31)28-26-14-17-9-11-21(19-8-4-3-7-18(17)19)27-23(30)15-5-1-2-6-15/h3-4,7-15,29H,1-2,5-6,25H2,(H,27,30)(H,28,31)/b26-14+. The molecule has 0 aromatic heterocycles. The minimum absolute atomic E-state index is 0.0736. The predicted molar refractivity (Wildman–Crippen MR) is 122 cm³/mol. The second-order valence-electron chi connectivity index (χ2n) is 7.69. The molecule has 0 aliphatic heterocycles. The Morgan fingerprint density at radius 2 is 1.77 bits per heavy atom. The summed E-state index contributed by atoms with van der Waals surface area (Å²) < 4.78 is 0. The van der Waals surface area contributed by atoms with Crippen LogP contribution < -0.4 is 16.5 Å². The Bertz CT molecular complexity index is 1170. The lowest BCUT2D eigenvalue weighted by Gasteiger charge is -2.13. The first-order chi connectivity index (χ1) is 15.0. The van der Waals surface area contributed by atoms with Gasteiger partial charge in [-0.15, -0.1) is 0 Å². The number of hydrazone groups is 1. The number of hydrogen-bond acceptors (Lipinski definition) is 5. The highest BCUT2D eigenvalue weighted by atomic mass is 16.3. The molecule has 0 spiro atoms. The second kappa shape index (κ2) is 8.87. The molecule has 1 fully saturated rings. The number of rotatable bonds is 5. The zero-order chi connectivity index (χ0) is 21.8. The van der Waals surface area contributed by atoms with E-state index in [0.29, 0.717) is 5.56 Å². The lowest BCUT2D eigenvalue weighted by molar-refractivity contribution is -0.119. The number of nitrogen functional groups attached to an aromatic ring is 1. The molecule has 158 valence electrons. The van der Waals surface area contributed by atoms with Crippen LogP contribution in [0.25, 0.3) is 10.8 Å². The summed E-state index contributed by atoms with van der Waals surface area (Å²) in [4.78, 5) is 24.8. The maximum atomic E-state index is 12.6. The fourth-order valence-corrected chi connectivity index (χ4v) is 3.89. The van der Waals surface area contributed by atoms with E-state index in [9.17, 15) is 14.7 Å². The molecule has 5 N–H and O–H groups in total. The maximum Gasteiger partial charge on any atom is 0.271 e. The molecule has 2 amide bonds. The van der Waals surface area contributed by atoms with E-state index in [0.717, 1.165) is 47.7 Å². The average molecular weight is 416 g/mol. The van der Waals surface area contributed by atoms with E-state index in [4.69, 9.17) is 5.73 Å². The quantitative estimate of drug-likeness (QED) is 0.217. The van der Waals surface area contributed by atoms with Crippen LogP contribution in [-0.2, 0) is 4.79 Å². The third-order valence-corrected chi connectivity index (χ3v) is 5.60. The summed E-state index contributed by atoms with van der Waals surface area (Å²) in [6, 6.07) is 15.7. The average Bonchev–Trinajstić information content (AvgIpc) is 3.32. The number of carbonyl (C=O) groups excluding carboxylic acids is 2. The number of anilines is 2. The van der Waals surface area contributed by atoms with Gasteiger partial charge in [0.15, 0.2) is 0 Å². The molecule has 7 heteroatoms.